The fraction of sp³-hybridized carbons (Fsp3) is 0.125. The van der Waals surface area contributed by atoms with E-state index in [-0.39, 0.29) is 0 Å². The van der Waals surface area contributed by atoms with E-state index in [2.05, 4.69) is 45.4 Å². The van der Waals surface area contributed by atoms with E-state index < -0.39 is 0 Å². The second-order valence-corrected chi connectivity index (χ2v) is 5.43. The summed E-state index contributed by atoms with van der Waals surface area (Å²) < 4.78 is 2.20. The molecule has 1 nitrogen and oxygen atoms in total. The first kappa shape index (κ1) is 8.53. The Kier molecular flexibility index (Phi) is 2.39. The van der Waals surface area contributed by atoms with E-state index in [4.69, 9.17) is 0 Å². The molecule has 0 N–H and O–H groups in total. The van der Waals surface area contributed by atoms with Gasteiger partial charge in [-0.25, -0.2) is 4.98 Å². The van der Waals surface area contributed by atoms with E-state index in [0.717, 1.165) is 9.43 Å². The smallest absolute Gasteiger partial charge is 0.160 e. The fourth-order valence-corrected chi connectivity index (χ4v) is 3.11. The van der Waals surface area contributed by atoms with Crippen molar-refractivity contribution in [2.75, 3.05) is 6.26 Å². The number of benzene rings is 1. The number of aromatic nitrogens is 1. The summed E-state index contributed by atoms with van der Waals surface area (Å²) in [7, 11) is 0. The number of halogens is 1. The van der Waals surface area contributed by atoms with Crippen LogP contribution in [0.1, 0.15) is 0 Å². The Morgan fingerprint density at radius 2 is 2.33 bits per heavy atom. The van der Waals surface area contributed by atoms with E-state index in [0.29, 0.717) is 0 Å². The van der Waals surface area contributed by atoms with Gasteiger partial charge in [0.2, 0.25) is 0 Å². The Morgan fingerprint density at radius 3 is 3.08 bits per heavy atom. The summed E-state index contributed by atoms with van der Waals surface area (Å²) in [5.74, 6) is 0. The molecule has 4 heteroatoms. The Bertz CT molecular complexity index is 410. The topological polar surface area (TPSA) is 12.9 Å². The third-order valence-electron chi connectivity index (χ3n) is 1.58. The second-order valence-electron chi connectivity index (χ2n) is 2.27. The summed E-state index contributed by atoms with van der Waals surface area (Å²) in [6, 6.07) is 6.26. The summed E-state index contributed by atoms with van der Waals surface area (Å²) in [4.78, 5) is 5.64. The minimum Gasteiger partial charge on any atom is -0.228 e. The highest BCUT2D eigenvalue weighted by atomic mass is 79.9. The molecule has 62 valence electrons. The van der Waals surface area contributed by atoms with E-state index in [1.165, 1.54) is 9.60 Å². The number of hydrogen-bond acceptors (Lipinski definition) is 3. The van der Waals surface area contributed by atoms with Crippen LogP contribution in [0, 0.1) is 0 Å². The predicted molar refractivity (Wildman–Crippen MR) is 59.1 cm³/mol. The second kappa shape index (κ2) is 3.36. The number of thioether (sulfide) groups is 1. The summed E-state index contributed by atoms with van der Waals surface area (Å²) >= 11 is 6.79. The highest BCUT2D eigenvalue weighted by molar-refractivity contribution is 9.11. The molecule has 1 aromatic carbocycles. The predicted octanol–water partition coefficient (Wildman–Crippen LogP) is 3.78. The summed E-state index contributed by atoms with van der Waals surface area (Å²) in [5.41, 5.74) is 1.11. The Balaban J connectivity index is 2.78. The molecule has 0 radical (unpaired) electrons. The molecule has 12 heavy (non-hydrogen) atoms. The van der Waals surface area contributed by atoms with Crippen molar-refractivity contribution in [3.63, 3.8) is 0 Å². The van der Waals surface area contributed by atoms with E-state index >= 15 is 0 Å². The molecule has 1 aromatic heterocycles. The van der Waals surface area contributed by atoms with E-state index in [1.807, 2.05) is 0 Å². The summed E-state index contributed by atoms with van der Waals surface area (Å²) in [6.07, 6.45) is 2.07. The summed E-state index contributed by atoms with van der Waals surface area (Å²) in [6.45, 7) is 0. The lowest BCUT2D eigenvalue weighted by molar-refractivity contribution is 1.38. The van der Waals surface area contributed by atoms with E-state index in [1.54, 1.807) is 23.1 Å². The molecule has 0 saturated carbocycles. The standard InChI is InChI=1S/C8H6BrNS2/c1-11-5-3-2-4-6-7(5)10-8(9)12-6/h2-4H,1H3. The van der Waals surface area contributed by atoms with Crippen molar-refractivity contribution < 1.29 is 0 Å². The van der Waals surface area contributed by atoms with Crippen LogP contribution in [-0.4, -0.2) is 11.2 Å². The molecular formula is C8H6BrNS2. The van der Waals surface area contributed by atoms with Gasteiger partial charge in [-0.05, 0) is 34.3 Å². The van der Waals surface area contributed by atoms with Crippen molar-refractivity contribution >= 4 is 49.2 Å². The highest BCUT2D eigenvalue weighted by Gasteiger charge is 2.04. The van der Waals surface area contributed by atoms with Crippen LogP contribution in [0.4, 0.5) is 0 Å². The van der Waals surface area contributed by atoms with Gasteiger partial charge in [-0.15, -0.1) is 23.1 Å². The minimum absolute atomic E-state index is 0.957. The van der Waals surface area contributed by atoms with Crippen LogP contribution in [0.3, 0.4) is 0 Å². The van der Waals surface area contributed by atoms with Crippen molar-refractivity contribution in [3.8, 4) is 0 Å². The number of para-hydroxylation sites is 1. The Labute approximate surface area is 87.3 Å². The zero-order valence-corrected chi connectivity index (χ0v) is 9.59. The van der Waals surface area contributed by atoms with Gasteiger partial charge in [0.05, 0.1) is 10.2 Å². The average molecular weight is 260 g/mol. The van der Waals surface area contributed by atoms with Gasteiger partial charge in [0.15, 0.2) is 3.92 Å². The van der Waals surface area contributed by atoms with Crippen LogP contribution < -0.4 is 0 Å². The first-order chi connectivity index (χ1) is 5.81. The SMILES string of the molecule is CSc1cccc2sc(Br)nc12. The van der Waals surface area contributed by atoms with E-state index in [9.17, 15) is 0 Å². The third kappa shape index (κ3) is 1.39. The van der Waals surface area contributed by atoms with Crippen molar-refractivity contribution in [2.24, 2.45) is 0 Å². The third-order valence-corrected chi connectivity index (χ3v) is 3.82. The molecule has 0 aliphatic heterocycles. The van der Waals surface area contributed by atoms with Crippen LogP contribution >= 0.6 is 39.0 Å². The average Bonchev–Trinajstić information content (AvgIpc) is 2.44. The molecule has 0 aliphatic rings. The molecule has 0 saturated heterocycles. The van der Waals surface area contributed by atoms with Gasteiger partial charge in [0.1, 0.15) is 0 Å². The Morgan fingerprint density at radius 1 is 1.50 bits per heavy atom. The first-order valence-electron chi connectivity index (χ1n) is 3.40. The lowest BCUT2D eigenvalue weighted by Crippen LogP contribution is -1.72. The molecule has 0 unspecified atom stereocenters. The molecule has 0 amide bonds. The van der Waals surface area contributed by atoms with Gasteiger partial charge in [-0.2, -0.15) is 0 Å². The minimum atomic E-state index is 0.957. The lowest BCUT2D eigenvalue weighted by atomic mass is 10.3. The molecule has 0 spiro atoms. The van der Waals surface area contributed by atoms with Crippen molar-refractivity contribution in [1.82, 2.24) is 4.98 Å². The maximum absolute atomic E-state index is 4.40. The number of rotatable bonds is 1. The summed E-state index contributed by atoms with van der Waals surface area (Å²) in [5, 5.41) is 0. The molecule has 0 fully saturated rings. The van der Waals surface area contributed by atoms with Crippen LogP contribution in [0.5, 0.6) is 0 Å². The van der Waals surface area contributed by atoms with Gasteiger partial charge in [-0.3, -0.25) is 0 Å². The largest absolute Gasteiger partial charge is 0.228 e. The van der Waals surface area contributed by atoms with Crippen LogP contribution in [-0.2, 0) is 0 Å². The maximum Gasteiger partial charge on any atom is 0.160 e. The van der Waals surface area contributed by atoms with Crippen LogP contribution in [0.15, 0.2) is 27.0 Å². The number of fused-ring (bicyclic) bond motifs is 1. The monoisotopic (exact) mass is 259 g/mol. The van der Waals surface area contributed by atoms with Gasteiger partial charge >= 0.3 is 0 Å². The zero-order chi connectivity index (χ0) is 8.55. The number of hydrogen-bond donors (Lipinski definition) is 0. The molecule has 0 aliphatic carbocycles. The van der Waals surface area contributed by atoms with Crippen LogP contribution in [0.2, 0.25) is 0 Å². The zero-order valence-electron chi connectivity index (χ0n) is 6.37. The van der Waals surface area contributed by atoms with Crippen LogP contribution in [0.25, 0.3) is 10.2 Å². The Hall–Kier alpha value is -0.0600. The molecular weight excluding hydrogens is 254 g/mol. The molecule has 2 rings (SSSR count). The van der Waals surface area contributed by atoms with Crippen molar-refractivity contribution in [3.05, 3.63) is 22.1 Å². The quantitative estimate of drug-likeness (QED) is 0.724. The van der Waals surface area contributed by atoms with Gasteiger partial charge in [-0.1, -0.05) is 6.07 Å². The highest BCUT2D eigenvalue weighted by Crippen LogP contribution is 2.31. The van der Waals surface area contributed by atoms with Gasteiger partial charge in [0, 0.05) is 4.90 Å². The number of nitrogens with zero attached hydrogens (tertiary/aromatic N) is 1. The molecule has 0 atom stereocenters. The van der Waals surface area contributed by atoms with Gasteiger partial charge in [0.25, 0.3) is 0 Å². The lowest BCUT2D eigenvalue weighted by Gasteiger charge is -1.94. The molecule has 1 heterocycles. The molecule has 2 aromatic rings. The number of thiazole rings is 1. The van der Waals surface area contributed by atoms with Crippen molar-refractivity contribution in [2.45, 2.75) is 4.90 Å². The maximum atomic E-state index is 4.40. The molecule has 0 bridgehead atoms. The first-order valence-corrected chi connectivity index (χ1v) is 6.24. The fourth-order valence-electron chi connectivity index (χ4n) is 1.06. The van der Waals surface area contributed by atoms with Gasteiger partial charge < -0.3 is 0 Å². The normalized spacial score (nSPS) is 10.8. The van der Waals surface area contributed by atoms with Crippen molar-refractivity contribution in [1.29, 1.82) is 0 Å².